The highest BCUT2D eigenvalue weighted by Gasteiger charge is 2.24. The summed E-state index contributed by atoms with van der Waals surface area (Å²) in [6.45, 7) is 8.02. The summed E-state index contributed by atoms with van der Waals surface area (Å²) >= 11 is 0. The summed E-state index contributed by atoms with van der Waals surface area (Å²) in [4.78, 5) is 17.3. The highest BCUT2D eigenvalue weighted by Crippen LogP contribution is 2.23. The van der Waals surface area contributed by atoms with Crippen molar-refractivity contribution in [3.63, 3.8) is 0 Å². The van der Waals surface area contributed by atoms with Crippen molar-refractivity contribution in [2.45, 2.75) is 51.6 Å². The van der Waals surface area contributed by atoms with E-state index in [-0.39, 0.29) is 5.91 Å². The highest BCUT2D eigenvalue weighted by molar-refractivity contribution is 5.78. The van der Waals surface area contributed by atoms with E-state index in [1.54, 1.807) is 0 Å². The van der Waals surface area contributed by atoms with E-state index in [0.29, 0.717) is 18.5 Å². The van der Waals surface area contributed by atoms with E-state index in [4.69, 9.17) is 0 Å². The highest BCUT2D eigenvalue weighted by atomic mass is 16.2. The predicted molar refractivity (Wildman–Crippen MR) is 102 cm³/mol. The van der Waals surface area contributed by atoms with Crippen LogP contribution in [0.25, 0.3) is 0 Å². The van der Waals surface area contributed by atoms with Crippen LogP contribution in [0.1, 0.15) is 44.6 Å². The van der Waals surface area contributed by atoms with E-state index in [1.807, 2.05) is 0 Å². The van der Waals surface area contributed by atoms with Gasteiger partial charge in [0.05, 0.1) is 6.54 Å². The van der Waals surface area contributed by atoms with Crippen molar-refractivity contribution in [3.8, 4) is 0 Å². The molecule has 2 atom stereocenters. The summed E-state index contributed by atoms with van der Waals surface area (Å²) in [5.41, 5.74) is 1.37. The molecule has 4 nitrogen and oxygen atoms in total. The van der Waals surface area contributed by atoms with Gasteiger partial charge in [-0.25, -0.2) is 0 Å². The topological polar surface area (TPSA) is 35.6 Å². The Balaban J connectivity index is 1.42. The minimum Gasteiger partial charge on any atom is -0.352 e. The lowest BCUT2D eigenvalue weighted by Crippen LogP contribution is -2.46. The average molecular weight is 344 g/mol. The molecule has 1 aromatic rings. The van der Waals surface area contributed by atoms with Crippen LogP contribution in [0, 0.1) is 5.92 Å². The average Bonchev–Trinajstić information content (AvgIpc) is 2.83. The molecule has 1 heterocycles. The smallest absolute Gasteiger partial charge is 0.234 e. The third-order valence-electron chi connectivity index (χ3n) is 5.76. The first-order chi connectivity index (χ1) is 12.2. The Morgan fingerprint density at radius 2 is 1.72 bits per heavy atom. The standard InChI is InChI=1S/C21H33N3O/c1-18-8-5-6-11-20(18)22-21(25)17-24-13-7-12-23(14-15-24)16-19-9-3-2-4-10-19/h2-4,9-10,18,20H,5-8,11-17H2,1H3,(H,22,25)/t18-,20+/m0/s1. The molecule has 2 fully saturated rings. The molecule has 0 bridgehead atoms. The Hall–Kier alpha value is -1.39. The van der Waals surface area contributed by atoms with Gasteiger partial charge in [0.15, 0.2) is 0 Å². The van der Waals surface area contributed by atoms with Crippen LogP contribution in [0.3, 0.4) is 0 Å². The molecule has 1 saturated heterocycles. The van der Waals surface area contributed by atoms with Gasteiger partial charge in [-0.2, -0.15) is 0 Å². The SMILES string of the molecule is C[C@H]1CCCC[C@H]1NC(=O)CN1CCCN(Cc2ccccc2)CC1. The van der Waals surface area contributed by atoms with Crippen molar-refractivity contribution >= 4 is 5.91 Å². The first kappa shape index (κ1) is 18.4. The monoisotopic (exact) mass is 343 g/mol. The molecule has 1 amide bonds. The van der Waals surface area contributed by atoms with Crippen LogP contribution in [0.2, 0.25) is 0 Å². The third kappa shape index (κ3) is 5.82. The minimum atomic E-state index is 0.218. The number of nitrogens with zero attached hydrogens (tertiary/aromatic N) is 2. The van der Waals surface area contributed by atoms with Gasteiger partial charge in [0, 0.05) is 25.7 Å². The fourth-order valence-corrected chi connectivity index (χ4v) is 4.17. The number of nitrogens with one attached hydrogen (secondary N) is 1. The Morgan fingerprint density at radius 1 is 1.00 bits per heavy atom. The van der Waals surface area contributed by atoms with Gasteiger partial charge < -0.3 is 5.32 Å². The largest absolute Gasteiger partial charge is 0.352 e. The molecule has 0 unspecified atom stereocenters. The number of carbonyl (C=O) groups is 1. The second kappa shape index (κ2) is 9.35. The zero-order valence-corrected chi connectivity index (χ0v) is 15.6. The second-order valence-electron chi connectivity index (χ2n) is 7.83. The summed E-state index contributed by atoms with van der Waals surface area (Å²) in [6, 6.07) is 11.1. The Labute approximate surface area is 152 Å². The molecule has 0 spiro atoms. The van der Waals surface area contributed by atoms with E-state index in [0.717, 1.165) is 45.6 Å². The zero-order valence-electron chi connectivity index (χ0n) is 15.6. The normalized spacial score (nSPS) is 26.1. The molecule has 1 aliphatic carbocycles. The van der Waals surface area contributed by atoms with Crippen LogP contribution in [-0.2, 0) is 11.3 Å². The molecule has 0 radical (unpaired) electrons. The summed E-state index contributed by atoms with van der Waals surface area (Å²) in [5, 5.41) is 3.29. The van der Waals surface area contributed by atoms with E-state index in [9.17, 15) is 4.79 Å². The van der Waals surface area contributed by atoms with E-state index in [2.05, 4.69) is 52.4 Å². The third-order valence-corrected chi connectivity index (χ3v) is 5.76. The summed E-state index contributed by atoms with van der Waals surface area (Å²) in [7, 11) is 0. The van der Waals surface area contributed by atoms with Gasteiger partial charge in [-0.15, -0.1) is 0 Å². The van der Waals surface area contributed by atoms with Gasteiger partial charge in [0.2, 0.25) is 5.91 Å². The fourth-order valence-electron chi connectivity index (χ4n) is 4.17. The zero-order chi connectivity index (χ0) is 17.5. The number of hydrogen-bond donors (Lipinski definition) is 1. The Morgan fingerprint density at radius 3 is 2.52 bits per heavy atom. The molecule has 25 heavy (non-hydrogen) atoms. The van der Waals surface area contributed by atoms with Gasteiger partial charge in [-0.05, 0) is 43.8 Å². The lowest BCUT2D eigenvalue weighted by Gasteiger charge is -2.30. The van der Waals surface area contributed by atoms with Crippen molar-refractivity contribution in [1.29, 1.82) is 0 Å². The molecule has 1 aliphatic heterocycles. The maximum absolute atomic E-state index is 12.4. The number of carbonyl (C=O) groups excluding carboxylic acids is 1. The lowest BCUT2D eigenvalue weighted by atomic mass is 9.86. The number of hydrogen-bond acceptors (Lipinski definition) is 3. The van der Waals surface area contributed by atoms with Gasteiger partial charge in [0.1, 0.15) is 0 Å². The van der Waals surface area contributed by atoms with Gasteiger partial charge in [-0.3, -0.25) is 14.6 Å². The predicted octanol–water partition coefficient (Wildman–Crippen LogP) is 2.89. The maximum atomic E-state index is 12.4. The molecule has 138 valence electrons. The fraction of sp³-hybridized carbons (Fsp3) is 0.667. The maximum Gasteiger partial charge on any atom is 0.234 e. The molecule has 3 rings (SSSR count). The van der Waals surface area contributed by atoms with Crippen molar-refractivity contribution in [2.75, 3.05) is 32.7 Å². The summed E-state index contributed by atoms with van der Waals surface area (Å²) in [5.74, 6) is 0.846. The first-order valence-electron chi connectivity index (χ1n) is 9.99. The van der Waals surface area contributed by atoms with Crippen molar-refractivity contribution in [3.05, 3.63) is 35.9 Å². The number of rotatable bonds is 5. The van der Waals surface area contributed by atoms with Crippen LogP contribution in [0.5, 0.6) is 0 Å². The second-order valence-corrected chi connectivity index (χ2v) is 7.83. The Bertz CT molecular complexity index is 533. The van der Waals surface area contributed by atoms with E-state index < -0.39 is 0 Å². The quantitative estimate of drug-likeness (QED) is 0.893. The van der Waals surface area contributed by atoms with Crippen LogP contribution in [0.15, 0.2) is 30.3 Å². The molecule has 0 aromatic heterocycles. The van der Waals surface area contributed by atoms with Gasteiger partial charge in [-0.1, -0.05) is 50.1 Å². The molecule has 4 heteroatoms. The Kier molecular flexibility index (Phi) is 6.88. The van der Waals surface area contributed by atoms with Crippen LogP contribution < -0.4 is 5.32 Å². The van der Waals surface area contributed by atoms with E-state index in [1.165, 1.54) is 24.8 Å². The molecule has 2 aliphatic rings. The molecular formula is C21H33N3O. The molecule has 1 N–H and O–H groups in total. The molecule has 1 saturated carbocycles. The van der Waals surface area contributed by atoms with Crippen LogP contribution in [-0.4, -0.2) is 54.5 Å². The molecular weight excluding hydrogens is 310 g/mol. The van der Waals surface area contributed by atoms with Crippen molar-refractivity contribution in [1.82, 2.24) is 15.1 Å². The van der Waals surface area contributed by atoms with E-state index >= 15 is 0 Å². The van der Waals surface area contributed by atoms with Crippen LogP contribution in [0.4, 0.5) is 0 Å². The lowest BCUT2D eigenvalue weighted by molar-refractivity contribution is -0.123. The number of amides is 1. The summed E-state index contributed by atoms with van der Waals surface area (Å²) in [6.07, 6.45) is 6.12. The van der Waals surface area contributed by atoms with Crippen molar-refractivity contribution in [2.24, 2.45) is 5.92 Å². The molecule has 1 aromatic carbocycles. The minimum absolute atomic E-state index is 0.218. The van der Waals surface area contributed by atoms with Crippen molar-refractivity contribution < 1.29 is 4.79 Å². The summed E-state index contributed by atoms with van der Waals surface area (Å²) < 4.78 is 0. The first-order valence-corrected chi connectivity index (χ1v) is 9.99. The number of benzene rings is 1. The van der Waals surface area contributed by atoms with Gasteiger partial charge in [0.25, 0.3) is 0 Å². The van der Waals surface area contributed by atoms with Crippen LogP contribution >= 0.6 is 0 Å². The van der Waals surface area contributed by atoms with Gasteiger partial charge >= 0.3 is 0 Å².